The van der Waals surface area contributed by atoms with Crippen LogP contribution in [0.1, 0.15) is 44.1 Å². The number of hydrogen-bond donors (Lipinski definition) is 1. The van der Waals surface area contributed by atoms with Crippen molar-refractivity contribution in [3.05, 3.63) is 34.9 Å². The number of ether oxygens (including phenoxy) is 1. The summed E-state index contributed by atoms with van der Waals surface area (Å²) in [4.78, 5) is 1.61. The van der Waals surface area contributed by atoms with E-state index in [0.29, 0.717) is 12.5 Å². The Bertz CT molecular complexity index is 543. The number of likely N-dealkylation sites (tertiary alicyclic amines) is 1. The van der Waals surface area contributed by atoms with Gasteiger partial charge in [0, 0.05) is 17.0 Å². The van der Waals surface area contributed by atoms with Crippen molar-refractivity contribution < 1.29 is 22.0 Å². The molecule has 2 aliphatic rings. The molecule has 0 radical (unpaired) electrons. The highest BCUT2D eigenvalue weighted by molar-refractivity contribution is 6.30. The molecule has 0 aliphatic carbocycles. The zero-order valence-corrected chi connectivity index (χ0v) is 14.9. The van der Waals surface area contributed by atoms with E-state index in [-0.39, 0.29) is 18.0 Å². The van der Waals surface area contributed by atoms with Crippen LogP contribution in [0.25, 0.3) is 0 Å². The Morgan fingerprint density at radius 3 is 2.83 bits per heavy atom. The highest BCUT2D eigenvalue weighted by atomic mass is 35.5. The van der Waals surface area contributed by atoms with Gasteiger partial charge in [-0.3, -0.25) is 0 Å². The smallest absolute Gasteiger partial charge is 0.117 e. The second-order valence-electron chi connectivity index (χ2n) is 6.74. The Balaban J connectivity index is 0.00000192. The van der Waals surface area contributed by atoms with Gasteiger partial charge in [0.2, 0.25) is 0 Å². The molecule has 3 atom stereocenters. The Hall–Kier alpha value is -0.790. The largest absolute Gasteiger partial charge is 1.00 e. The van der Waals surface area contributed by atoms with Crippen molar-refractivity contribution in [1.82, 2.24) is 0 Å². The van der Waals surface area contributed by atoms with E-state index in [1.165, 1.54) is 24.9 Å². The summed E-state index contributed by atoms with van der Waals surface area (Å²) in [5.41, 5.74) is 1.41. The molecule has 2 aliphatic heterocycles. The third-order valence-corrected chi connectivity index (χ3v) is 5.27. The molecule has 3 nitrogen and oxygen atoms in total. The van der Waals surface area contributed by atoms with Gasteiger partial charge in [0.15, 0.2) is 0 Å². The minimum Gasteiger partial charge on any atom is -1.00 e. The molecule has 2 heterocycles. The summed E-state index contributed by atoms with van der Waals surface area (Å²) in [5, 5.41) is 9.53. The van der Waals surface area contributed by atoms with Crippen LogP contribution in [0.2, 0.25) is 5.02 Å². The summed E-state index contributed by atoms with van der Waals surface area (Å²) >= 11 is 5.96. The summed E-state index contributed by atoms with van der Waals surface area (Å²) < 4.78 is 6.39. The first-order valence-corrected chi connectivity index (χ1v) is 8.70. The molecule has 1 aromatic rings. The highest BCUT2D eigenvalue weighted by Crippen LogP contribution is 2.36. The van der Waals surface area contributed by atoms with E-state index in [0.717, 1.165) is 37.4 Å². The molecular formula is C18H24Cl2N2O. The average molecular weight is 355 g/mol. The molecule has 5 heteroatoms. The van der Waals surface area contributed by atoms with Crippen molar-refractivity contribution >= 4 is 11.6 Å². The van der Waals surface area contributed by atoms with E-state index < -0.39 is 0 Å². The van der Waals surface area contributed by atoms with Gasteiger partial charge in [0.25, 0.3) is 0 Å². The van der Waals surface area contributed by atoms with Crippen LogP contribution in [0, 0.1) is 11.3 Å². The molecule has 126 valence electrons. The van der Waals surface area contributed by atoms with E-state index in [9.17, 15) is 0 Å². The quantitative estimate of drug-likeness (QED) is 0.809. The minimum absolute atomic E-state index is 0. The number of hydrogen-bond acceptors (Lipinski definition) is 2. The maximum atomic E-state index is 8.74. The lowest BCUT2D eigenvalue weighted by atomic mass is 9.89. The number of piperidine rings is 1. The fourth-order valence-corrected chi connectivity index (χ4v) is 4.10. The molecule has 1 aromatic carbocycles. The number of quaternary nitrogens is 1. The summed E-state index contributed by atoms with van der Waals surface area (Å²) in [6.07, 6.45) is 6.50. The first-order valence-electron chi connectivity index (χ1n) is 8.32. The number of nitrogens with zero attached hydrogens (tertiary/aromatic N) is 1. The van der Waals surface area contributed by atoms with Crippen LogP contribution in [-0.4, -0.2) is 24.8 Å². The molecule has 0 saturated carbocycles. The van der Waals surface area contributed by atoms with Gasteiger partial charge in [0.1, 0.15) is 18.7 Å². The number of halogens is 2. The van der Waals surface area contributed by atoms with E-state index in [1.807, 2.05) is 12.1 Å². The summed E-state index contributed by atoms with van der Waals surface area (Å²) in [6, 6.07) is 10.4. The lowest BCUT2D eigenvalue weighted by Gasteiger charge is -2.37. The second kappa shape index (κ2) is 8.35. The summed E-state index contributed by atoms with van der Waals surface area (Å²) in [6.45, 7) is 3.36. The molecule has 0 bridgehead atoms. The zero-order chi connectivity index (χ0) is 15.4. The van der Waals surface area contributed by atoms with Gasteiger partial charge in [-0.05, 0) is 44.2 Å². The van der Waals surface area contributed by atoms with E-state index in [1.54, 1.807) is 4.90 Å². The average Bonchev–Trinajstić information content (AvgIpc) is 2.90. The Morgan fingerprint density at radius 2 is 2.09 bits per heavy atom. The van der Waals surface area contributed by atoms with Gasteiger partial charge in [0.05, 0.1) is 18.7 Å². The second-order valence-corrected chi connectivity index (χ2v) is 7.18. The molecule has 0 aromatic heterocycles. The first kappa shape index (κ1) is 18.5. The van der Waals surface area contributed by atoms with Crippen molar-refractivity contribution in [3.63, 3.8) is 0 Å². The molecule has 2 fully saturated rings. The van der Waals surface area contributed by atoms with Gasteiger partial charge in [-0.25, -0.2) is 0 Å². The van der Waals surface area contributed by atoms with Gasteiger partial charge in [-0.1, -0.05) is 23.7 Å². The van der Waals surface area contributed by atoms with Crippen LogP contribution in [-0.2, 0) is 11.3 Å². The topological polar surface area (TPSA) is 37.5 Å². The van der Waals surface area contributed by atoms with Crippen LogP contribution in [0.4, 0.5) is 0 Å². The van der Waals surface area contributed by atoms with Gasteiger partial charge in [-0.2, -0.15) is 5.26 Å². The van der Waals surface area contributed by atoms with Gasteiger partial charge >= 0.3 is 0 Å². The summed E-state index contributed by atoms with van der Waals surface area (Å²) in [7, 11) is 0. The van der Waals surface area contributed by atoms with Crippen LogP contribution in [0.3, 0.4) is 0 Å². The fourth-order valence-electron chi connectivity index (χ4n) is 3.97. The first-order chi connectivity index (χ1) is 10.7. The lowest BCUT2D eigenvalue weighted by Crippen LogP contribution is -3.13. The maximum Gasteiger partial charge on any atom is 0.117 e. The molecule has 1 unspecified atom stereocenters. The third kappa shape index (κ3) is 4.84. The van der Waals surface area contributed by atoms with Crippen molar-refractivity contribution in [2.75, 3.05) is 13.1 Å². The Morgan fingerprint density at radius 1 is 1.30 bits per heavy atom. The van der Waals surface area contributed by atoms with Crippen LogP contribution in [0.5, 0.6) is 0 Å². The number of nitriles is 1. The minimum atomic E-state index is 0. The molecule has 1 spiro atoms. The molecule has 3 rings (SSSR count). The van der Waals surface area contributed by atoms with Gasteiger partial charge in [-0.15, -0.1) is 0 Å². The number of benzene rings is 1. The maximum absolute atomic E-state index is 8.74. The Kier molecular flexibility index (Phi) is 6.73. The van der Waals surface area contributed by atoms with Crippen LogP contribution < -0.4 is 17.3 Å². The van der Waals surface area contributed by atoms with E-state index in [4.69, 9.17) is 21.6 Å². The molecular weight excluding hydrogens is 331 g/mol. The van der Waals surface area contributed by atoms with E-state index >= 15 is 0 Å². The van der Waals surface area contributed by atoms with Crippen molar-refractivity contribution in [1.29, 1.82) is 5.26 Å². The van der Waals surface area contributed by atoms with Crippen LogP contribution >= 0.6 is 11.6 Å². The van der Waals surface area contributed by atoms with Crippen molar-refractivity contribution in [3.8, 4) is 6.07 Å². The standard InChI is InChI=1S/C18H23ClN2O.ClH/c19-16-6-4-15(5-7-16)13-21-12-2-9-18(14-21)10-8-17(22-18)3-1-11-20;/h4-7,17H,1-3,8-10,12-14H2;1H/t17-,18-;/m0./s1. The predicted molar refractivity (Wildman–Crippen MR) is 86.8 cm³/mol. The number of nitrogens with one attached hydrogen (secondary N) is 1. The van der Waals surface area contributed by atoms with Crippen molar-refractivity contribution in [2.45, 2.75) is 56.8 Å². The number of rotatable bonds is 4. The monoisotopic (exact) mass is 354 g/mol. The highest BCUT2D eigenvalue weighted by Gasteiger charge is 2.45. The SMILES string of the molecule is N#CCC[C@H]1CC[C@]2(CCC[NH+](Cc3ccc(Cl)cc3)C2)O1.[Cl-]. The predicted octanol–water partition coefficient (Wildman–Crippen LogP) is -0.256. The van der Waals surface area contributed by atoms with Gasteiger partial charge < -0.3 is 22.0 Å². The van der Waals surface area contributed by atoms with Crippen LogP contribution in [0.15, 0.2) is 24.3 Å². The molecule has 1 N–H and O–H groups in total. The van der Waals surface area contributed by atoms with E-state index in [2.05, 4.69) is 18.2 Å². The Labute approximate surface area is 150 Å². The third-order valence-electron chi connectivity index (χ3n) is 5.02. The fraction of sp³-hybridized carbons (Fsp3) is 0.611. The molecule has 0 amide bonds. The molecule has 23 heavy (non-hydrogen) atoms. The normalized spacial score (nSPS) is 29.9. The lowest BCUT2D eigenvalue weighted by molar-refractivity contribution is -0.925. The summed E-state index contributed by atoms with van der Waals surface area (Å²) in [5.74, 6) is 0. The molecule has 2 saturated heterocycles. The zero-order valence-electron chi connectivity index (χ0n) is 13.4. The van der Waals surface area contributed by atoms with Crippen molar-refractivity contribution in [2.24, 2.45) is 0 Å².